The first-order valence-electron chi connectivity index (χ1n) is 6.03. The molecule has 0 radical (unpaired) electrons. The first kappa shape index (κ1) is 15.0. The summed E-state index contributed by atoms with van der Waals surface area (Å²) in [6.45, 7) is 3.96. The van der Waals surface area contributed by atoms with Crippen molar-refractivity contribution in [1.29, 1.82) is 0 Å². The number of methoxy groups -OCH3 is 1. The number of hydrogen-bond acceptors (Lipinski definition) is 4. The van der Waals surface area contributed by atoms with Gasteiger partial charge in [-0.1, -0.05) is 32.4 Å². The Bertz CT molecular complexity index is 485. The summed E-state index contributed by atoms with van der Waals surface area (Å²) in [5, 5.41) is 0. The summed E-state index contributed by atoms with van der Waals surface area (Å²) in [6.07, 6.45) is 0.864. The molecule has 2 N–H and O–H groups in total. The van der Waals surface area contributed by atoms with Crippen molar-refractivity contribution in [1.82, 2.24) is 0 Å². The minimum Gasteiger partial charge on any atom is -0.495 e. The summed E-state index contributed by atoms with van der Waals surface area (Å²) in [7, 11) is -1.95. The van der Waals surface area contributed by atoms with Crippen LogP contribution in [-0.2, 0) is 9.84 Å². The van der Waals surface area contributed by atoms with Crippen molar-refractivity contribution in [2.75, 3.05) is 12.9 Å². The highest BCUT2D eigenvalue weighted by Crippen LogP contribution is 2.25. The quantitative estimate of drug-likeness (QED) is 0.857. The van der Waals surface area contributed by atoms with Gasteiger partial charge in [-0.25, -0.2) is 8.42 Å². The number of sulfone groups is 1. The topological polar surface area (TPSA) is 69.4 Å². The third-order valence-corrected chi connectivity index (χ3v) is 5.02. The number of hydrogen-bond donors (Lipinski definition) is 1. The molecule has 0 spiro atoms. The van der Waals surface area contributed by atoms with Gasteiger partial charge in [0.15, 0.2) is 9.84 Å². The van der Waals surface area contributed by atoms with Crippen LogP contribution in [0.4, 0.5) is 0 Å². The Labute approximate surface area is 109 Å². The van der Waals surface area contributed by atoms with Crippen LogP contribution in [0.15, 0.2) is 29.2 Å². The van der Waals surface area contributed by atoms with Crippen LogP contribution >= 0.6 is 0 Å². The molecule has 0 saturated carbocycles. The van der Waals surface area contributed by atoms with E-state index in [1.807, 2.05) is 13.8 Å². The molecule has 0 heterocycles. The van der Waals surface area contributed by atoms with Crippen LogP contribution in [-0.4, -0.2) is 27.3 Å². The number of rotatable bonds is 6. The van der Waals surface area contributed by atoms with Gasteiger partial charge in [0.05, 0.1) is 12.9 Å². The third-order valence-electron chi connectivity index (χ3n) is 3.19. The molecule has 1 aromatic rings. The Kier molecular flexibility index (Phi) is 5.16. The monoisotopic (exact) mass is 271 g/mol. The Morgan fingerprint density at radius 2 is 1.94 bits per heavy atom. The highest BCUT2D eigenvalue weighted by molar-refractivity contribution is 7.91. The summed E-state index contributed by atoms with van der Waals surface area (Å²) >= 11 is 0. The molecule has 18 heavy (non-hydrogen) atoms. The molecule has 0 bridgehead atoms. The molecule has 0 aliphatic heterocycles. The Balaban J connectivity index is 3.00. The Morgan fingerprint density at radius 1 is 1.33 bits per heavy atom. The minimum atomic E-state index is -3.41. The zero-order valence-electron chi connectivity index (χ0n) is 11.1. The summed E-state index contributed by atoms with van der Waals surface area (Å²) in [4.78, 5) is 0.214. The van der Waals surface area contributed by atoms with Crippen LogP contribution in [0.2, 0.25) is 0 Å². The van der Waals surface area contributed by atoms with Gasteiger partial charge in [0, 0.05) is 6.04 Å². The molecule has 0 aliphatic carbocycles. The van der Waals surface area contributed by atoms with E-state index in [0.29, 0.717) is 5.75 Å². The average molecular weight is 271 g/mol. The van der Waals surface area contributed by atoms with Crippen molar-refractivity contribution in [3.05, 3.63) is 24.3 Å². The average Bonchev–Trinajstić information content (AvgIpc) is 2.37. The maximum atomic E-state index is 12.3. The van der Waals surface area contributed by atoms with Crippen molar-refractivity contribution in [2.45, 2.75) is 31.2 Å². The predicted octanol–water partition coefficient (Wildman–Crippen LogP) is 1.84. The van der Waals surface area contributed by atoms with Crippen molar-refractivity contribution >= 4 is 9.84 Å². The molecule has 0 aromatic heterocycles. The SMILES string of the molecule is CCC(C)C(N)CS(=O)(=O)c1ccccc1OC. The fraction of sp³-hybridized carbons (Fsp3) is 0.538. The maximum absolute atomic E-state index is 12.3. The van der Waals surface area contributed by atoms with Gasteiger partial charge in [-0.05, 0) is 18.1 Å². The zero-order valence-corrected chi connectivity index (χ0v) is 11.9. The van der Waals surface area contributed by atoms with E-state index in [9.17, 15) is 8.42 Å². The van der Waals surface area contributed by atoms with Gasteiger partial charge < -0.3 is 10.5 Å². The van der Waals surface area contributed by atoms with Gasteiger partial charge in [0.25, 0.3) is 0 Å². The smallest absolute Gasteiger partial charge is 0.183 e. The Morgan fingerprint density at radius 3 is 2.50 bits per heavy atom. The Hall–Kier alpha value is -1.07. The van der Waals surface area contributed by atoms with E-state index < -0.39 is 9.84 Å². The molecule has 0 amide bonds. The van der Waals surface area contributed by atoms with Crippen molar-refractivity contribution < 1.29 is 13.2 Å². The van der Waals surface area contributed by atoms with E-state index in [0.717, 1.165) is 6.42 Å². The molecule has 102 valence electrons. The second kappa shape index (κ2) is 6.20. The first-order chi connectivity index (χ1) is 8.42. The van der Waals surface area contributed by atoms with E-state index in [2.05, 4.69) is 0 Å². The fourth-order valence-electron chi connectivity index (χ4n) is 1.69. The summed E-state index contributed by atoms with van der Waals surface area (Å²) in [5.74, 6) is 0.492. The maximum Gasteiger partial charge on any atom is 0.183 e. The molecule has 1 rings (SSSR count). The van der Waals surface area contributed by atoms with Crippen LogP contribution in [0.5, 0.6) is 5.75 Å². The van der Waals surface area contributed by atoms with E-state index in [1.165, 1.54) is 7.11 Å². The fourth-order valence-corrected chi connectivity index (χ4v) is 3.44. The minimum absolute atomic E-state index is 0.0532. The molecule has 0 aliphatic rings. The number of nitrogens with two attached hydrogens (primary N) is 1. The lowest BCUT2D eigenvalue weighted by atomic mass is 10.0. The summed E-state index contributed by atoms with van der Waals surface area (Å²) in [6, 6.07) is 6.26. The zero-order chi connectivity index (χ0) is 13.8. The molecule has 0 saturated heterocycles. The van der Waals surface area contributed by atoms with Crippen LogP contribution < -0.4 is 10.5 Å². The van der Waals surface area contributed by atoms with Crippen LogP contribution in [0.1, 0.15) is 20.3 Å². The third kappa shape index (κ3) is 3.46. The van der Waals surface area contributed by atoms with Crippen LogP contribution in [0.3, 0.4) is 0 Å². The lowest BCUT2D eigenvalue weighted by molar-refractivity contribution is 0.402. The molecule has 4 nitrogen and oxygen atoms in total. The summed E-state index contributed by atoms with van der Waals surface area (Å²) < 4.78 is 29.6. The first-order valence-corrected chi connectivity index (χ1v) is 7.69. The molecular weight excluding hydrogens is 250 g/mol. The van der Waals surface area contributed by atoms with Gasteiger partial charge in [-0.3, -0.25) is 0 Å². The number of para-hydroxylation sites is 1. The molecule has 0 fully saturated rings. The van der Waals surface area contributed by atoms with E-state index >= 15 is 0 Å². The van der Waals surface area contributed by atoms with Crippen LogP contribution in [0.25, 0.3) is 0 Å². The molecular formula is C13H21NO3S. The van der Waals surface area contributed by atoms with Crippen molar-refractivity contribution in [3.63, 3.8) is 0 Å². The van der Waals surface area contributed by atoms with Gasteiger partial charge in [-0.15, -0.1) is 0 Å². The molecule has 1 aromatic carbocycles. The molecule has 2 atom stereocenters. The van der Waals surface area contributed by atoms with Gasteiger partial charge in [0.1, 0.15) is 10.6 Å². The highest BCUT2D eigenvalue weighted by Gasteiger charge is 2.24. The highest BCUT2D eigenvalue weighted by atomic mass is 32.2. The predicted molar refractivity (Wildman–Crippen MR) is 72.5 cm³/mol. The number of ether oxygens (including phenoxy) is 1. The normalized spacial score (nSPS) is 15.1. The van der Waals surface area contributed by atoms with Crippen molar-refractivity contribution in [2.24, 2.45) is 11.7 Å². The van der Waals surface area contributed by atoms with Crippen molar-refractivity contribution in [3.8, 4) is 5.75 Å². The van der Waals surface area contributed by atoms with Gasteiger partial charge in [-0.2, -0.15) is 0 Å². The lowest BCUT2D eigenvalue weighted by Crippen LogP contribution is -2.35. The van der Waals surface area contributed by atoms with Gasteiger partial charge >= 0.3 is 0 Å². The summed E-state index contributed by atoms with van der Waals surface area (Å²) in [5.41, 5.74) is 5.92. The second-order valence-electron chi connectivity index (χ2n) is 4.48. The van der Waals surface area contributed by atoms with E-state index in [-0.39, 0.29) is 22.6 Å². The van der Waals surface area contributed by atoms with E-state index in [1.54, 1.807) is 24.3 Å². The standard InChI is InChI=1S/C13H21NO3S/c1-4-10(2)11(14)9-18(15,16)13-8-6-5-7-12(13)17-3/h5-8,10-11H,4,9,14H2,1-3H3. The number of benzene rings is 1. The van der Waals surface area contributed by atoms with E-state index in [4.69, 9.17) is 10.5 Å². The lowest BCUT2D eigenvalue weighted by Gasteiger charge is -2.18. The molecule has 5 heteroatoms. The molecule has 2 unspecified atom stereocenters. The second-order valence-corrected chi connectivity index (χ2v) is 6.48. The van der Waals surface area contributed by atoms with Crippen LogP contribution in [0, 0.1) is 5.92 Å². The largest absolute Gasteiger partial charge is 0.495 e. The van der Waals surface area contributed by atoms with Gasteiger partial charge in [0.2, 0.25) is 0 Å².